The molecule has 0 spiro atoms. The molecule has 0 amide bonds. The van der Waals surface area contributed by atoms with E-state index in [-0.39, 0.29) is 12.5 Å². The van der Waals surface area contributed by atoms with E-state index in [1.807, 2.05) is 0 Å². The zero-order valence-corrected chi connectivity index (χ0v) is 11.9. The highest BCUT2D eigenvalue weighted by molar-refractivity contribution is 7.89. The number of hydrogen-bond donors (Lipinski definition) is 2. The Bertz CT molecular complexity index is 602. The molecule has 0 saturated carbocycles. The predicted molar refractivity (Wildman–Crippen MR) is 68.7 cm³/mol. The van der Waals surface area contributed by atoms with Crippen molar-refractivity contribution in [1.29, 1.82) is 0 Å². The number of hydrogen-bond acceptors (Lipinski definition) is 4. The van der Waals surface area contributed by atoms with Gasteiger partial charge in [-0.25, -0.2) is 26.3 Å². The van der Waals surface area contributed by atoms with Gasteiger partial charge in [-0.2, -0.15) is 0 Å². The summed E-state index contributed by atoms with van der Waals surface area (Å²) in [5, 5.41) is 3.06. The molecule has 2 N–H and O–H groups in total. The summed E-state index contributed by atoms with van der Waals surface area (Å²) in [5.74, 6) is -5.10. The smallest absolute Gasteiger partial charge is 0.243 e. The summed E-state index contributed by atoms with van der Waals surface area (Å²) in [5.41, 5.74) is 0. The number of benzene rings is 1. The average Bonchev–Trinajstić information content (AvgIpc) is 2.71. The van der Waals surface area contributed by atoms with Gasteiger partial charge in [-0.3, -0.25) is 0 Å². The van der Waals surface area contributed by atoms with E-state index in [1.165, 1.54) is 0 Å². The van der Waals surface area contributed by atoms with Crippen molar-refractivity contribution in [1.82, 2.24) is 10.0 Å². The molecular weight excluding hydrogens is 309 g/mol. The van der Waals surface area contributed by atoms with Crippen molar-refractivity contribution in [3.63, 3.8) is 0 Å². The summed E-state index contributed by atoms with van der Waals surface area (Å²) in [6.45, 7) is 2.11. The van der Waals surface area contributed by atoms with Crippen LogP contribution in [0.25, 0.3) is 0 Å². The minimum Gasteiger partial charge on any atom is -0.380 e. The first kappa shape index (κ1) is 16.2. The van der Waals surface area contributed by atoms with Crippen LogP contribution >= 0.6 is 0 Å². The minimum atomic E-state index is -4.26. The number of rotatable bonds is 4. The fourth-order valence-corrected chi connectivity index (χ4v) is 3.09. The number of ether oxygens (including phenoxy) is 1. The van der Waals surface area contributed by atoms with Gasteiger partial charge in [0.15, 0.2) is 17.5 Å². The molecular formula is C12H15F3N2O3S. The normalized spacial score (nSPS) is 20.2. The molecule has 0 unspecified atom stereocenters. The fourth-order valence-electron chi connectivity index (χ4n) is 1.91. The van der Waals surface area contributed by atoms with Crippen LogP contribution in [0.2, 0.25) is 0 Å². The molecule has 2 rings (SSSR count). The van der Waals surface area contributed by atoms with Crippen molar-refractivity contribution in [3.05, 3.63) is 29.6 Å². The highest BCUT2D eigenvalue weighted by Gasteiger charge is 2.25. The number of halogens is 3. The second kappa shape index (κ2) is 6.73. The molecule has 0 radical (unpaired) electrons. The van der Waals surface area contributed by atoms with Crippen molar-refractivity contribution in [3.8, 4) is 0 Å². The van der Waals surface area contributed by atoms with Crippen LogP contribution in [-0.2, 0) is 14.8 Å². The third-order valence-electron chi connectivity index (χ3n) is 3.06. The molecule has 9 heteroatoms. The van der Waals surface area contributed by atoms with Gasteiger partial charge >= 0.3 is 0 Å². The van der Waals surface area contributed by atoms with Crippen LogP contribution in [0.3, 0.4) is 0 Å². The van der Waals surface area contributed by atoms with Crippen LogP contribution < -0.4 is 10.0 Å². The van der Waals surface area contributed by atoms with E-state index >= 15 is 0 Å². The van der Waals surface area contributed by atoms with Crippen LogP contribution in [0.15, 0.2) is 17.0 Å². The molecule has 0 aliphatic carbocycles. The molecule has 5 nitrogen and oxygen atoms in total. The zero-order chi connectivity index (χ0) is 15.5. The Balaban J connectivity index is 2.09. The second-order valence-electron chi connectivity index (χ2n) is 4.67. The van der Waals surface area contributed by atoms with Gasteiger partial charge in [0.25, 0.3) is 0 Å². The Morgan fingerprint density at radius 3 is 2.81 bits per heavy atom. The quantitative estimate of drug-likeness (QED) is 0.797. The van der Waals surface area contributed by atoms with E-state index in [1.54, 1.807) is 0 Å². The predicted octanol–water partition coefficient (Wildman–Crippen LogP) is 0.618. The maximum atomic E-state index is 13.5. The molecule has 0 bridgehead atoms. The Morgan fingerprint density at radius 1 is 1.29 bits per heavy atom. The maximum Gasteiger partial charge on any atom is 0.243 e. The van der Waals surface area contributed by atoms with Gasteiger partial charge in [0.05, 0.1) is 13.2 Å². The average molecular weight is 324 g/mol. The standard InChI is InChI=1S/C12H15F3N2O3S/c13-9-1-2-10(12(15)11(9)14)21(18,19)17-6-8-5-16-3-4-20-7-8/h1-2,8,16-17H,3-7H2/t8-/m1/s1. The van der Waals surface area contributed by atoms with Gasteiger partial charge in [-0.1, -0.05) is 0 Å². The summed E-state index contributed by atoms with van der Waals surface area (Å²) in [6.07, 6.45) is 0. The molecule has 1 aliphatic heterocycles. The van der Waals surface area contributed by atoms with Crippen molar-refractivity contribution in [2.75, 3.05) is 32.8 Å². The van der Waals surface area contributed by atoms with Crippen LogP contribution in [0, 0.1) is 23.4 Å². The van der Waals surface area contributed by atoms with E-state index < -0.39 is 32.4 Å². The third-order valence-corrected chi connectivity index (χ3v) is 4.50. The van der Waals surface area contributed by atoms with E-state index in [2.05, 4.69) is 10.0 Å². The molecule has 1 aromatic carbocycles. The van der Waals surface area contributed by atoms with Gasteiger partial charge in [-0.15, -0.1) is 0 Å². The Labute approximate surface area is 120 Å². The van der Waals surface area contributed by atoms with Crippen molar-refractivity contribution < 1.29 is 26.3 Å². The van der Waals surface area contributed by atoms with Gasteiger partial charge in [0.2, 0.25) is 10.0 Å². The third kappa shape index (κ3) is 3.94. The highest BCUT2D eigenvalue weighted by Crippen LogP contribution is 2.19. The van der Waals surface area contributed by atoms with E-state index in [0.29, 0.717) is 38.4 Å². The Hall–Kier alpha value is -1.16. The summed E-state index contributed by atoms with van der Waals surface area (Å²) < 4.78 is 70.8. The van der Waals surface area contributed by atoms with Crippen molar-refractivity contribution in [2.45, 2.75) is 4.90 Å². The lowest BCUT2D eigenvalue weighted by Gasteiger charge is -2.15. The Morgan fingerprint density at radius 2 is 2.05 bits per heavy atom. The summed E-state index contributed by atoms with van der Waals surface area (Å²) >= 11 is 0. The van der Waals surface area contributed by atoms with E-state index in [0.717, 1.165) is 0 Å². The molecule has 1 atom stereocenters. The van der Waals surface area contributed by atoms with Crippen LogP contribution in [0.5, 0.6) is 0 Å². The monoisotopic (exact) mass is 324 g/mol. The lowest BCUT2D eigenvalue weighted by atomic mass is 10.2. The molecule has 1 heterocycles. The Kier molecular flexibility index (Phi) is 5.20. The lowest BCUT2D eigenvalue weighted by Crippen LogP contribution is -2.35. The minimum absolute atomic E-state index is 0.00771. The summed E-state index contributed by atoms with van der Waals surface area (Å²) in [6, 6.07) is 1.27. The van der Waals surface area contributed by atoms with E-state index in [9.17, 15) is 21.6 Å². The van der Waals surface area contributed by atoms with Gasteiger partial charge in [0.1, 0.15) is 4.90 Å². The van der Waals surface area contributed by atoms with Crippen molar-refractivity contribution in [2.24, 2.45) is 5.92 Å². The van der Waals surface area contributed by atoms with Crippen molar-refractivity contribution >= 4 is 10.0 Å². The second-order valence-corrected chi connectivity index (χ2v) is 6.41. The van der Waals surface area contributed by atoms with E-state index in [4.69, 9.17) is 4.74 Å². The molecule has 0 aromatic heterocycles. The lowest BCUT2D eigenvalue weighted by molar-refractivity contribution is 0.124. The molecule has 1 fully saturated rings. The van der Waals surface area contributed by atoms with Gasteiger partial charge in [-0.05, 0) is 12.1 Å². The maximum absolute atomic E-state index is 13.5. The first-order valence-corrected chi connectivity index (χ1v) is 7.82. The number of nitrogens with one attached hydrogen (secondary N) is 2. The zero-order valence-electron chi connectivity index (χ0n) is 11.0. The molecule has 1 saturated heterocycles. The van der Waals surface area contributed by atoms with Crippen LogP contribution in [0.1, 0.15) is 0 Å². The molecule has 21 heavy (non-hydrogen) atoms. The first-order valence-electron chi connectivity index (χ1n) is 6.33. The summed E-state index contributed by atoms with van der Waals surface area (Å²) in [7, 11) is -4.26. The number of sulfonamides is 1. The topological polar surface area (TPSA) is 67.4 Å². The first-order chi connectivity index (χ1) is 9.92. The molecule has 1 aromatic rings. The highest BCUT2D eigenvalue weighted by atomic mass is 32.2. The SMILES string of the molecule is O=S(=O)(NC[C@H]1CNCCOC1)c1ccc(F)c(F)c1F. The van der Waals surface area contributed by atoms with Crippen LogP contribution in [0.4, 0.5) is 13.2 Å². The van der Waals surface area contributed by atoms with Gasteiger partial charge in [0, 0.05) is 25.6 Å². The fraction of sp³-hybridized carbons (Fsp3) is 0.500. The summed E-state index contributed by atoms with van der Waals surface area (Å²) in [4.78, 5) is -0.913. The molecule has 118 valence electrons. The van der Waals surface area contributed by atoms with Gasteiger partial charge < -0.3 is 10.1 Å². The largest absolute Gasteiger partial charge is 0.380 e. The molecule has 1 aliphatic rings. The van der Waals surface area contributed by atoms with Crippen LogP contribution in [-0.4, -0.2) is 41.3 Å².